The zero-order chi connectivity index (χ0) is 20.6. The Morgan fingerprint density at radius 1 is 1.03 bits per heavy atom. The van der Waals surface area contributed by atoms with Crippen molar-refractivity contribution in [1.82, 2.24) is 0 Å². The summed E-state index contributed by atoms with van der Waals surface area (Å²) in [6.45, 7) is 0.0695. The fourth-order valence-electron chi connectivity index (χ4n) is 3.68. The van der Waals surface area contributed by atoms with E-state index in [0.29, 0.717) is 17.7 Å². The van der Waals surface area contributed by atoms with Crippen molar-refractivity contribution in [3.8, 4) is 5.75 Å². The van der Waals surface area contributed by atoms with E-state index in [-0.39, 0.29) is 30.5 Å². The van der Waals surface area contributed by atoms with Crippen molar-refractivity contribution in [2.45, 2.75) is 38.7 Å². The zero-order valence-electron chi connectivity index (χ0n) is 16.6. The minimum Gasteiger partial charge on any atom is -0.497 e. The van der Waals surface area contributed by atoms with Gasteiger partial charge in [0.05, 0.1) is 7.11 Å². The average Bonchev–Trinajstić information content (AvgIpc) is 2.77. The number of ketones is 2. The van der Waals surface area contributed by atoms with Crippen LogP contribution in [-0.4, -0.2) is 24.6 Å². The standard InChI is InChI=1S/C24H26O5/c1-28-20-13-11-17(12-14-20)16-29-24(27)21(15-19-9-5-6-10-22(19)25)23(26)18-7-3-2-4-8-18/h2-4,7-8,11-14,19,21H,5-6,9-10,15-16H2,1H3. The van der Waals surface area contributed by atoms with E-state index in [1.807, 2.05) is 18.2 Å². The van der Waals surface area contributed by atoms with E-state index in [2.05, 4.69) is 0 Å². The number of carbonyl (C=O) groups excluding carboxylic acids is 3. The molecular weight excluding hydrogens is 368 g/mol. The van der Waals surface area contributed by atoms with Crippen molar-refractivity contribution in [2.24, 2.45) is 11.8 Å². The van der Waals surface area contributed by atoms with Gasteiger partial charge in [-0.25, -0.2) is 0 Å². The molecule has 2 unspecified atom stereocenters. The lowest BCUT2D eigenvalue weighted by Gasteiger charge is -2.24. The van der Waals surface area contributed by atoms with Gasteiger partial charge < -0.3 is 9.47 Å². The van der Waals surface area contributed by atoms with Crippen molar-refractivity contribution in [2.75, 3.05) is 7.11 Å². The number of hydrogen-bond donors (Lipinski definition) is 0. The Morgan fingerprint density at radius 2 is 1.76 bits per heavy atom. The molecule has 1 aliphatic rings. The molecule has 29 heavy (non-hydrogen) atoms. The molecule has 1 saturated carbocycles. The summed E-state index contributed by atoms with van der Waals surface area (Å²) in [5.74, 6) is -1.23. The summed E-state index contributed by atoms with van der Waals surface area (Å²) in [4.78, 5) is 38.2. The Labute approximate surface area is 171 Å². The summed E-state index contributed by atoms with van der Waals surface area (Å²) in [5, 5.41) is 0. The van der Waals surface area contributed by atoms with E-state index >= 15 is 0 Å². The Morgan fingerprint density at radius 3 is 2.41 bits per heavy atom. The first-order valence-corrected chi connectivity index (χ1v) is 10.00. The van der Waals surface area contributed by atoms with Gasteiger partial charge in [0.25, 0.3) is 0 Å². The van der Waals surface area contributed by atoms with Gasteiger partial charge in [0.2, 0.25) is 0 Å². The highest BCUT2D eigenvalue weighted by atomic mass is 16.5. The third-order valence-corrected chi connectivity index (χ3v) is 5.40. The molecule has 5 nitrogen and oxygen atoms in total. The molecule has 5 heteroatoms. The van der Waals surface area contributed by atoms with Crippen LogP contribution in [0, 0.1) is 11.8 Å². The largest absolute Gasteiger partial charge is 0.497 e. The van der Waals surface area contributed by atoms with Crippen LogP contribution in [0.25, 0.3) is 0 Å². The quantitative estimate of drug-likeness (QED) is 0.377. The van der Waals surface area contributed by atoms with E-state index in [4.69, 9.17) is 9.47 Å². The predicted octanol–water partition coefficient (Wildman–Crippen LogP) is 4.39. The number of benzene rings is 2. The van der Waals surface area contributed by atoms with Crippen molar-refractivity contribution < 1.29 is 23.9 Å². The highest BCUT2D eigenvalue weighted by Crippen LogP contribution is 2.29. The molecule has 2 aromatic carbocycles. The maximum Gasteiger partial charge on any atom is 0.317 e. The van der Waals surface area contributed by atoms with Crippen LogP contribution in [0.1, 0.15) is 48.0 Å². The molecule has 152 valence electrons. The second-order valence-corrected chi connectivity index (χ2v) is 7.38. The number of rotatable bonds is 8. The molecule has 1 aliphatic carbocycles. The smallest absolute Gasteiger partial charge is 0.317 e. The van der Waals surface area contributed by atoms with Gasteiger partial charge in [0.1, 0.15) is 24.1 Å². The third kappa shape index (κ3) is 5.53. The van der Waals surface area contributed by atoms with Gasteiger partial charge in [-0.1, -0.05) is 48.9 Å². The molecule has 0 N–H and O–H groups in total. The SMILES string of the molecule is COc1ccc(COC(=O)C(CC2CCCCC2=O)C(=O)c2ccccc2)cc1. The average molecular weight is 394 g/mol. The van der Waals surface area contributed by atoms with E-state index < -0.39 is 11.9 Å². The Kier molecular flexibility index (Phi) is 7.17. The topological polar surface area (TPSA) is 69.7 Å². The lowest BCUT2D eigenvalue weighted by Crippen LogP contribution is -2.32. The monoisotopic (exact) mass is 394 g/mol. The van der Waals surface area contributed by atoms with E-state index in [0.717, 1.165) is 24.8 Å². The number of ether oxygens (including phenoxy) is 2. The minimum atomic E-state index is -0.970. The molecule has 0 spiro atoms. The molecule has 0 saturated heterocycles. The number of Topliss-reactive ketones (excluding diaryl/α,β-unsaturated/α-hetero) is 2. The number of methoxy groups -OCH3 is 1. The third-order valence-electron chi connectivity index (χ3n) is 5.40. The van der Waals surface area contributed by atoms with E-state index in [1.54, 1.807) is 43.5 Å². The lowest BCUT2D eigenvalue weighted by atomic mass is 9.79. The maximum absolute atomic E-state index is 13.0. The van der Waals surface area contributed by atoms with Gasteiger partial charge >= 0.3 is 5.97 Å². The van der Waals surface area contributed by atoms with Gasteiger partial charge in [0.15, 0.2) is 5.78 Å². The highest BCUT2D eigenvalue weighted by Gasteiger charge is 2.34. The number of carbonyl (C=O) groups is 3. The summed E-state index contributed by atoms with van der Waals surface area (Å²) >= 11 is 0. The number of hydrogen-bond acceptors (Lipinski definition) is 5. The Hall–Kier alpha value is -2.95. The summed E-state index contributed by atoms with van der Waals surface area (Å²) in [5.41, 5.74) is 1.26. The molecular formula is C24H26O5. The van der Waals surface area contributed by atoms with Gasteiger partial charge in [-0.2, -0.15) is 0 Å². The van der Waals surface area contributed by atoms with Gasteiger partial charge in [-0.05, 0) is 37.0 Å². The Balaban J connectivity index is 1.72. The summed E-state index contributed by atoms with van der Waals surface area (Å²) in [7, 11) is 1.58. The normalized spacial score (nSPS) is 17.4. The van der Waals surface area contributed by atoms with Crippen molar-refractivity contribution in [3.63, 3.8) is 0 Å². The van der Waals surface area contributed by atoms with Gasteiger partial charge in [-0.15, -0.1) is 0 Å². The summed E-state index contributed by atoms with van der Waals surface area (Å²) in [6, 6.07) is 15.9. The molecule has 0 heterocycles. The summed E-state index contributed by atoms with van der Waals surface area (Å²) in [6.07, 6.45) is 3.30. The van der Waals surface area contributed by atoms with Crippen LogP contribution in [0.2, 0.25) is 0 Å². The van der Waals surface area contributed by atoms with Crippen molar-refractivity contribution in [3.05, 3.63) is 65.7 Å². The molecule has 2 aromatic rings. The predicted molar refractivity (Wildman–Crippen MR) is 109 cm³/mol. The van der Waals surface area contributed by atoms with Crippen LogP contribution < -0.4 is 4.74 Å². The first kappa shape index (κ1) is 20.8. The van der Waals surface area contributed by atoms with E-state index in [9.17, 15) is 14.4 Å². The van der Waals surface area contributed by atoms with Crippen LogP contribution in [0.4, 0.5) is 0 Å². The molecule has 2 atom stereocenters. The molecule has 0 radical (unpaired) electrons. The fraction of sp³-hybridized carbons (Fsp3) is 0.375. The van der Waals surface area contributed by atoms with Crippen LogP contribution in [-0.2, 0) is 20.9 Å². The second kappa shape index (κ2) is 10.0. The number of esters is 1. The van der Waals surface area contributed by atoms with Crippen molar-refractivity contribution >= 4 is 17.5 Å². The molecule has 0 aromatic heterocycles. The van der Waals surface area contributed by atoms with Crippen LogP contribution in [0.15, 0.2) is 54.6 Å². The minimum absolute atomic E-state index is 0.0695. The maximum atomic E-state index is 13.0. The van der Waals surface area contributed by atoms with Gasteiger partial charge in [0, 0.05) is 17.9 Å². The van der Waals surface area contributed by atoms with Crippen LogP contribution in [0.5, 0.6) is 5.75 Å². The van der Waals surface area contributed by atoms with Crippen LogP contribution >= 0.6 is 0 Å². The fourth-order valence-corrected chi connectivity index (χ4v) is 3.68. The molecule has 1 fully saturated rings. The van der Waals surface area contributed by atoms with Crippen molar-refractivity contribution in [1.29, 1.82) is 0 Å². The van der Waals surface area contributed by atoms with E-state index in [1.165, 1.54) is 0 Å². The summed E-state index contributed by atoms with van der Waals surface area (Å²) < 4.78 is 10.6. The molecule has 0 amide bonds. The molecule has 3 rings (SSSR count). The molecule has 0 bridgehead atoms. The van der Waals surface area contributed by atoms with Gasteiger partial charge in [-0.3, -0.25) is 14.4 Å². The van der Waals surface area contributed by atoms with Crippen LogP contribution in [0.3, 0.4) is 0 Å². The zero-order valence-corrected chi connectivity index (χ0v) is 16.6. The first-order valence-electron chi connectivity index (χ1n) is 10.00. The molecule has 0 aliphatic heterocycles. The first-order chi connectivity index (χ1) is 14.1. The Bertz CT molecular complexity index is 841. The highest BCUT2D eigenvalue weighted by molar-refractivity contribution is 6.08. The second-order valence-electron chi connectivity index (χ2n) is 7.38. The lowest BCUT2D eigenvalue weighted by molar-refractivity contribution is -0.148.